The number of anilines is 1. The van der Waals surface area contributed by atoms with Gasteiger partial charge in [-0.2, -0.15) is 0 Å². The zero-order valence-electron chi connectivity index (χ0n) is 17.1. The number of hydrogen-bond donors (Lipinski definition) is 2. The van der Waals surface area contributed by atoms with Crippen LogP contribution < -0.4 is 5.32 Å². The van der Waals surface area contributed by atoms with E-state index >= 15 is 0 Å². The molecule has 0 saturated carbocycles. The van der Waals surface area contributed by atoms with Gasteiger partial charge in [-0.05, 0) is 42.9 Å². The first-order valence-corrected chi connectivity index (χ1v) is 11.4. The van der Waals surface area contributed by atoms with E-state index in [0.717, 1.165) is 41.5 Å². The highest BCUT2D eigenvalue weighted by Gasteiger charge is 2.21. The molecule has 0 radical (unpaired) electrons. The van der Waals surface area contributed by atoms with E-state index in [1.165, 1.54) is 16.5 Å². The Morgan fingerprint density at radius 2 is 2.12 bits per heavy atom. The molecule has 1 aliphatic carbocycles. The minimum Gasteiger partial charge on any atom is -0.480 e. The average molecular weight is 477 g/mol. The molecule has 0 spiro atoms. The summed E-state index contributed by atoms with van der Waals surface area (Å²) in [5.74, 6) is 0.263. The summed E-state index contributed by atoms with van der Waals surface area (Å²) < 4.78 is 5.14. The number of rotatable bonds is 9. The molecule has 0 aliphatic heterocycles. The number of carboxylic acids is 1. The fourth-order valence-electron chi connectivity index (χ4n) is 3.76. The summed E-state index contributed by atoms with van der Waals surface area (Å²) >= 11 is 7.73. The van der Waals surface area contributed by atoms with Crippen molar-refractivity contribution in [3.63, 3.8) is 0 Å². The zero-order valence-corrected chi connectivity index (χ0v) is 18.7. The van der Waals surface area contributed by atoms with Gasteiger partial charge >= 0.3 is 5.97 Å². The molecule has 0 atom stereocenters. The average Bonchev–Trinajstić information content (AvgIpc) is 3.13. The Morgan fingerprint density at radius 3 is 2.88 bits per heavy atom. The largest absolute Gasteiger partial charge is 0.480 e. The first-order chi connectivity index (χ1) is 15.4. The summed E-state index contributed by atoms with van der Waals surface area (Å²) in [6.45, 7) is 0.241. The van der Waals surface area contributed by atoms with Crippen LogP contribution in [0.2, 0.25) is 5.02 Å². The fourth-order valence-corrected chi connectivity index (χ4v) is 5.31. The van der Waals surface area contributed by atoms with Crippen molar-refractivity contribution in [3.8, 4) is 0 Å². The van der Waals surface area contributed by atoms with Crippen molar-refractivity contribution in [1.29, 1.82) is 0 Å². The Hall–Kier alpha value is -2.82. The minimum absolute atomic E-state index is 0.0892. The lowest BCUT2D eigenvalue weighted by molar-refractivity contribution is -0.384. The third-order valence-corrected chi connectivity index (χ3v) is 6.71. The quantitative estimate of drug-likeness (QED) is 0.264. The van der Waals surface area contributed by atoms with Crippen LogP contribution in [-0.2, 0) is 35.3 Å². The molecule has 0 saturated heterocycles. The summed E-state index contributed by atoms with van der Waals surface area (Å²) in [4.78, 5) is 32.8. The van der Waals surface area contributed by atoms with Gasteiger partial charge in [0.25, 0.3) is 5.69 Å². The van der Waals surface area contributed by atoms with E-state index in [1.807, 2.05) is 0 Å². The van der Waals surface area contributed by atoms with Crippen LogP contribution in [0.15, 0.2) is 18.2 Å². The van der Waals surface area contributed by atoms with Crippen molar-refractivity contribution in [2.24, 2.45) is 0 Å². The second kappa shape index (κ2) is 9.76. The molecule has 32 heavy (non-hydrogen) atoms. The predicted molar refractivity (Wildman–Crippen MR) is 122 cm³/mol. The van der Waals surface area contributed by atoms with Crippen LogP contribution in [0, 0.1) is 10.1 Å². The molecule has 2 heterocycles. The molecule has 168 valence electrons. The number of nitro groups is 1. The lowest BCUT2D eigenvalue weighted by Gasteiger charge is -2.13. The van der Waals surface area contributed by atoms with Gasteiger partial charge < -0.3 is 15.2 Å². The van der Waals surface area contributed by atoms with Crippen LogP contribution >= 0.6 is 22.9 Å². The normalized spacial score (nSPS) is 13.2. The van der Waals surface area contributed by atoms with Crippen molar-refractivity contribution < 1.29 is 19.6 Å². The highest BCUT2D eigenvalue weighted by molar-refractivity contribution is 7.19. The summed E-state index contributed by atoms with van der Waals surface area (Å²) in [5.41, 5.74) is 1.95. The fraction of sp³-hybridized carbons (Fsp3) is 0.381. The van der Waals surface area contributed by atoms with Crippen LogP contribution in [0.3, 0.4) is 0 Å². The third kappa shape index (κ3) is 4.98. The molecule has 0 fully saturated rings. The number of carboxylic acid groups (broad SMARTS) is 1. The van der Waals surface area contributed by atoms with Gasteiger partial charge in [-0.3, -0.25) is 10.1 Å². The number of nitrogens with zero attached hydrogens (tertiary/aromatic N) is 3. The minimum atomic E-state index is -1.02. The number of aliphatic carboxylic acids is 1. The van der Waals surface area contributed by atoms with Crippen LogP contribution in [0.25, 0.3) is 10.2 Å². The van der Waals surface area contributed by atoms with Gasteiger partial charge in [0.05, 0.1) is 16.9 Å². The first-order valence-electron chi connectivity index (χ1n) is 10.2. The maximum atomic E-state index is 11.0. The molecule has 4 rings (SSSR count). The number of thiophene rings is 1. The second-order valence-electron chi connectivity index (χ2n) is 7.47. The van der Waals surface area contributed by atoms with Gasteiger partial charge in [-0.1, -0.05) is 17.7 Å². The SMILES string of the molecule is O=C(O)COCCc1nc(NCc2ccc([N+](=O)[O-])c(Cl)c2)c2c3c(sc2n1)CCCC3. The summed E-state index contributed by atoms with van der Waals surface area (Å²) in [6.07, 6.45) is 4.70. The molecule has 2 aromatic heterocycles. The molecule has 1 aromatic carbocycles. The summed E-state index contributed by atoms with van der Waals surface area (Å²) in [7, 11) is 0. The molecule has 9 nitrogen and oxygen atoms in total. The molecule has 3 aromatic rings. The highest BCUT2D eigenvalue weighted by Crippen LogP contribution is 2.39. The lowest BCUT2D eigenvalue weighted by atomic mass is 9.97. The van der Waals surface area contributed by atoms with E-state index in [4.69, 9.17) is 31.4 Å². The lowest BCUT2D eigenvalue weighted by Crippen LogP contribution is -2.11. The molecule has 0 bridgehead atoms. The van der Waals surface area contributed by atoms with E-state index in [0.29, 0.717) is 24.6 Å². The Morgan fingerprint density at radius 1 is 1.31 bits per heavy atom. The van der Waals surface area contributed by atoms with Crippen molar-refractivity contribution in [2.45, 2.75) is 38.6 Å². The van der Waals surface area contributed by atoms with E-state index in [-0.39, 0.29) is 23.9 Å². The second-order valence-corrected chi connectivity index (χ2v) is 8.96. The number of nitrogens with one attached hydrogen (secondary N) is 1. The van der Waals surface area contributed by atoms with Crippen LogP contribution in [0.4, 0.5) is 11.5 Å². The molecular formula is C21H21ClN4O5S. The number of aryl methyl sites for hydroxylation is 2. The van der Waals surface area contributed by atoms with Gasteiger partial charge in [-0.15, -0.1) is 11.3 Å². The predicted octanol–water partition coefficient (Wildman–Crippen LogP) is 4.39. The Balaban J connectivity index is 1.60. The van der Waals surface area contributed by atoms with E-state index in [9.17, 15) is 14.9 Å². The van der Waals surface area contributed by atoms with Crippen LogP contribution in [-0.4, -0.2) is 39.2 Å². The first kappa shape index (κ1) is 22.4. The molecule has 0 unspecified atom stereocenters. The smallest absolute Gasteiger partial charge is 0.329 e. The van der Waals surface area contributed by atoms with Crippen molar-refractivity contribution >= 4 is 50.6 Å². The number of benzene rings is 1. The molecule has 1 aliphatic rings. The van der Waals surface area contributed by atoms with Crippen molar-refractivity contribution in [2.75, 3.05) is 18.5 Å². The molecular weight excluding hydrogens is 456 g/mol. The van der Waals surface area contributed by atoms with Gasteiger partial charge in [0.1, 0.15) is 28.1 Å². The monoisotopic (exact) mass is 476 g/mol. The number of halogens is 1. The Kier molecular flexibility index (Phi) is 6.83. The van der Waals surface area contributed by atoms with E-state index in [2.05, 4.69) is 5.32 Å². The number of ether oxygens (including phenoxy) is 1. The van der Waals surface area contributed by atoms with Gasteiger partial charge in [0.2, 0.25) is 0 Å². The molecule has 2 N–H and O–H groups in total. The highest BCUT2D eigenvalue weighted by atomic mass is 35.5. The summed E-state index contributed by atoms with van der Waals surface area (Å²) in [5, 5.41) is 24.2. The Labute approximate surface area is 192 Å². The van der Waals surface area contributed by atoms with Crippen LogP contribution in [0.5, 0.6) is 0 Å². The maximum absolute atomic E-state index is 11.0. The standard InChI is InChI=1S/C21H21ClN4O5S/c22-14-9-12(5-6-15(14)26(29)30)10-23-20-19-13-3-1-2-4-16(13)32-21(19)25-17(24-20)7-8-31-11-18(27)28/h5-6,9H,1-4,7-8,10-11H2,(H,27,28)(H,23,24,25). The molecule has 0 amide bonds. The van der Waals surface area contributed by atoms with E-state index in [1.54, 1.807) is 23.5 Å². The maximum Gasteiger partial charge on any atom is 0.329 e. The van der Waals surface area contributed by atoms with Gasteiger partial charge in [-0.25, -0.2) is 14.8 Å². The topological polar surface area (TPSA) is 127 Å². The number of fused-ring (bicyclic) bond motifs is 3. The van der Waals surface area contributed by atoms with Crippen molar-refractivity contribution in [1.82, 2.24) is 9.97 Å². The zero-order chi connectivity index (χ0) is 22.7. The Bertz CT molecular complexity index is 1180. The number of aromatic nitrogens is 2. The number of hydrogen-bond acceptors (Lipinski definition) is 8. The summed E-state index contributed by atoms with van der Waals surface area (Å²) in [6, 6.07) is 4.64. The van der Waals surface area contributed by atoms with Gasteiger partial charge in [0.15, 0.2) is 0 Å². The van der Waals surface area contributed by atoms with E-state index < -0.39 is 10.9 Å². The molecule has 11 heteroatoms. The van der Waals surface area contributed by atoms with Gasteiger partial charge in [0, 0.05) is 23.9 Å². The number of carbonyl (C=O) groups is 1. The van der Waals surface area contributed by atoms with Crippen molar-refractivity contribution in [3.05, 3.63) is 55.2 Å². The van der Waals surface area contributed by atoms with Crippen LogP contribution in [0.1, 0.15) is 34.7 Å². The third-order valence-electron chi connectivity index (χ3n) is 5.23. The number of nitro benzene ring substituents is 1.